The molecule has 0 bridgehead atoms. The summed E-state index contributed by atoms with van der Waals surface area (Å²) in [5.41, 5.74) is 2.23. The van der Waals surface area contributed by atoms with E-state index in [9.17, 15) is 4.79 Å². The molecule has 0 radical (unpaired) electrons. The fourth-order valence-corrected chi connectivity index (χ4v) is 4.58. The van der Waals surface area contributed by atoms with Crippen molar-refractivity contribution in [3.05, 3.63) is 100 Å². The van der Waals surface area contributed by atoms with Crippen molar-refractivity contribution in [2.24, 2.45) is 0 Å². The molecule has 34 heavy (non-hydrogen) atoms. The maximum atomic E-state index is 13.1. The number of nitrogens with zero attached hydrogens (tertiary/aromatic N) is 1. The number of hydrogen-bond donors (Lipinski definition) is 1. The van der Waals surface area contributed by atoms with E-state index in [4.69, 9.17) is 21.4 Å². The topological polar surface area (TPSA) is 54.7 Å². The number of ether oxygens (including phenoxy) is 1. The molecule has 5 rings (SSSR count). The normalized spacial score (nSPS) is 14.8. The number of amides is 1. The lowest BCUT2D eigenvalue weighted by molar-refractivity contribution is -0.113. The van der Waals surface area contributed by atoms with Crippen molar-refractivity contribution in [2.75, 3.05) is 4.90 Å². The number of carbonyl (C=O) groups is 1. The van der Waals surface area contributed by atoms with Crippen LogP contribution in [-0.2, 0) is 17.8 Å². The summed E-state index contributed by atoms with van der Waals surface area (Å²) in [5, 5.41) is 5.61. The number of nitrogens with one attached hydrogen (secondary N) is 1. The van der Waals surface area contributed by atoms with Crippen molar-refractivity contribution >= 4 is 61.7 Å². The minimum atomic E-state index is -0.206. The van der Waals surface area contributed by atoms with Crippen LogP contribution in [0.1, 0.15) is 24.0 Å². The first-order valence-electron chi connectivity index (χ1n) is 10.9. The molecule has 5 nitrogen and oxygen atoms in total. The van der Waals surface area contributed by atoms with Crippen molar-refractivity contribution < 1.29 is 13.9 Å². The van der Waals surface area contributed by atoms with Crippen LogP contribution >= 0.6 is 28.1 Å². The second-order valence-electron chi connectivity index (χ2n) is 7.86. The summed E-state index contributed by atoms with van der Waals surface area (Å²) in [6, 6.07) is 23.5. The third-order valence-corrected chi connectivity index (χ3v) is 6.39. The second kappa shape index (κ2) is 9.44. The number of benzene rings is 3. The Morgan fingerprint density at radius 2 is 1.85 bits per heavy atom. The van der Waals surface area contributed by atoms with E-state index in [1.54, 1.807) is 6.08 Å². The van der Waals surface area contributed by atoms with Crippen molar-refractivity contribution in [3.63, 3.8) is 0 Å². The molecular formula is C27H21BrN2O3S. The average Bonchev–Trinajstić information content (AvgIpc) is 3.40. The van der Waals surface area contributed by atoms with E-state index in [2.05, 4.69) is 34.2 Å². The summed E-state index contributed by atoms with van der Waals surface area (Å²) in [4.78, 5) is 14.6. The molecule has 1 N–H and O–H groups in total. The molecule has 0 saturated carbocycles. The predicted octanol–water partition coefficient (Wildman–Crippen LogP) is 6.60. The highest BCUT2D eigenvalue weighted by Gasteiger charge is 2.33. The van der Waals surface area contributed by atoms with Gasteiger partial charge in [0.2, 0.25) is 0 Å². The Hall–Kier alpha value is -3.42. The average molecular weight is 533 g/mol. The van der Waals surface area contributed by atoms with Gasteiger partial charge in [0.25, 0.3) is 5.91 Å². The largest absolute Gasteiger partial charge is 0.486 e. The van der Waals surface area contributed by atoms with Crippen LogP contribution in [0.3, 0.4) is 0 Å². The zero-order valence-electron chi connectivity index (χ0n) is 18.4. The van der Waals surface area contributed by atoms with Gasteiger partial charge in [-0.2, -0.15) is 0 Å². The first-order valence-corrected chi connectivity index (χ1v) is 12.1. The maximum absolute atomic E-state index is 13.1. The molecule has 3 aromatic carbocycles. The molecule has 1 amide bonds. The van der Waals surface area contributed by atoms with Gasteiger partial charge in [-0.25, -0.2) is 0 Å². The fraction of sp³-hybridized carbons (Fsp3) is 0.111. The van der Waals surface area contributed by atoms with E-state index in [-0.39, 0.29) is 12.5 Å². The molecule has 1 saturated heterocycles. The SMILES string of the molecule is CCc1ccccc1N1C(=O)/C(=C\c2ccc(COc3ccc4cc(Br)ccc4c3)o2)NC1=S. The van der Waals surface area contributed by atoms with Crippen LogP contribution in [-0.4, -0.2) is 11.0 Å². The lowest BCUT2D eigenvalue weighted by atomic mass is 10.1. The number of hydrogen-bond acceptors (Lipinski definition) is 4. The zero-order chi connectivity index (χ0) is 23.7. The number of rotatable bonds is 6. The van der Waals surface area contributed by atoms with Crippen molar-refractivity contribution in [1.29, 1.82) is 0 Å². The quantitative estimate of drug-likeness (QED) is 0.224. The number of thiocarbonyl (C=S) groups is 1. The first-order chi connectivity index (χ1) is 16.5. The lowest BCUT2D eigenvalue weighted by Gasteiger charge is -2.17. The Balaban J connectivity index is 1.29. The number of halogens is 1. The second-order valence-corrected chi connectivity index (χ2v) is 9.16. The van der Waals surface area contributed by atoms with Gasteiger partial charge in [0.05, 0.1) is 5.69 Å². The van der Waals surface area contributed by atoms with Crippen LogP contribution in [0.4, 0.5) is 5.69 Å². The summed E-state index contributed by atoms with van der Waals surface area (Å²) in [5.74, 6) is 1.76. The summed E-state index contributed by atoms with van der Waals surface area (Å²) < 4.78 is 12.8. The van der Waals surface area contributed by atoms with E-state index < -0.39 is 0 Å². The Morgan fingerprint density at radius 3 is 2.71 bits per heavy atom. The van der Waals surface area contributed by atoms with Crippen LogP contribution in [0.15, 0.2) is 87.4 Å². The number of anilines is 1. The number of para-hydroxylation sites is 1. The molecule has 1 aliphatic rings. The van der Waals surface area contributed by atoms with Crippen LogP contribution in [0.2, 0.25) is 0 Å². The first kappa shape index (κ1) is 22.4. The Kier molecular flexibility index (Phi) is 6.22. The third kappa shape index (κ3) is 4.49. The Labute approximate surface area is 211 Å². The van der Waals surface area contributed by atoms with Crippen molar-refractivity contribution in [3.8, 4) is 5.75 Å². The molecular weight excluding hydrogens is 512 g/mol. The minimum Gasteiger partial charge on any atom is -0.486 e. The molecule has 1 aliphatic heterocycles. The van der Waals surface area contributed by atoms with E-state index in [0.29, 0.717) is 22.3 Å². The zero-order valence-corrected chi connectivity index (χ0v) is 20.8. The van der Waals surface area contributed by atoms with E-state index in [1.165, 1.54) is 4.90 Å². The van der Waals surface area contributed by atoms with Gasteiger partial charge in [-0.15, -0.1) is 0 Å². The van der Waals surface area contributed by atoms with E-state index in [1.807, 2.05) is 66.7 Å². The highest BCUT2D eigenvalue weighted by molar-refractivity contribution is 9.10. The Morgan fingerprint density at radius 1 is 1.06 bits per heavy atom. The Bertz CT molecular complexity index is 1440. The summed E-state index contributed by atoms with van der Waals surface area (Å²) >= 11 is 8.93. The van der Waals surface area contributed by atoms with Gasteiger partial charge in [0.15, 0.2) is 5.11 Å². The van der Waals surface area contributed by atoms with Gasteiger partial charge in [-0.05, 0) is 77.4 Å². The molecule has 1 fully saturated rings. The molecule has 7 heteroatoms. The summed E-state index contributed by atoms with van der Waals surface area (Å²) in [7, 11) is 0. The van der Waals surface area contributed by atoms with Crippen molar-refractivity contribution in [1.82, 2.24) is 5.32 Å². The molecule has 2 heterocycles. The molecule has 4 aromatic rings. The summed E-state index contributed by atoms with van der Waals surface area (Å²) in [6.07, 6.45) is 2.47. The molecule has 0 spiro atoms. The number of carbonyl (C=O) groups excluding carboxylic acids is 1. The van der Waals surface area contributed by atoms with E-state index in [0.717, 1.165) is 38.7 Å². The van der Waals surface area contributed by atoms with Gasteiger partial charge in [0.1, 0.15) is 29.6 Å². The molecule has 0 atom stereocenters. The predicted molar refractivity (Wildman–Crippen MR) is 142 cm³/mol. The molecule has 170 valence electrons. The monoisotopic (exact) mass is 532 g/mol. The fourth-order valence-electron chi connectivity index (χ4n) is 3.91. The van der Waals surface area contributed by atoms with Crippen LogP contribution in [0.25, 0.3) is 16.8 Å². The number of fused-ring (bicyclic) bond motifs is 1. The smallest absolute Gasteiger partial charge is 0.281 e. The number of aryl methyl sites for hydroxylation is 1. The minimum absolute atomic E-state index is 0.206. The maximum Gasteiger partial charge on any atom is 0.281 e. The van der Waals surface area contributed by atoms with Crippen molar-refractivity contribution in [2.45, 2.75) is 20.0 Å². The summed E-state index contributed by atoms with van der Waals surface area (Å²) in [6.45, 7) is 2.33. The lowest BCUT2D eigenvalue weighted by Crippen LogP contribution is -2.31. The highest BCUT2D eigenvalue weighted by Crippen LogP contribution is 2.28. The van der Waals surface area contributed by atoms with Gasteiger partial charge in [-0.1, -0.05) is 53.2 Å². The van der Waals surface area contributed by atoms with Crippen LogP contribution in [0, 0.1) is 0 Å². The van der Waals surface area contributed by atoms with Gasteiger partial charge in [-0.3, -0.25) is 9.69 Å². The third-order valence-electron chi connectivity index (χ3n) is 5.62. The molecule has 0 unspecified atom stereocenters. The van der Waals surface area contributed by atoms with Crippen LogP contribution in [0.5, 0.6) is 5.75 Å². The van der Waals surface area contributed by atoms with E-state index >= 15 is 0 Å². The number of furan rings is 1. The standard InChI is InChI=1S/C27H21BrN2O3S/c1-2-17-5-3-4-6-25(17)30-26(31)24(29-27(30)34)15-22-11-12-23(33-22)16-32-21-10-8-18-13-20(28)9-7-19(18)14-21/h3-15H,2,16H2,1H3,(H,29,34)/b24-15+. The van der Waals surface area contributed by atoms with Crippen LogP contribution < -0.4 is 15.0 Å². The van der Waals surface area contributed by atoms with Gasteiger partial charge in [0, 0.05) is 10.5 Å². The van der Waals surface area contributed by atoms with Gasteiger partial charge < -0.3 is 14.5 Å². The van der Waals surface area contributed by atoms with Gasteiger partial charge >= 0.3 is 0 Å². The highest BCUT2D eigenvalue weighted by atomic mass is 79.9. The molecule has 0 aliphatic carbocycles. The molecule has 1 aromatic heterocycles.